The van der Waals surface area contributed by atoms with E-state index >= 15 is 0 Å². The van der Waals surface area contributed by atoms with Gasteiger partial charge in [0, 0.05) is 33.0 Å². The Bertz CT molecular complexity index is 1390. The number of aromatic nitrogens is 1. The van der Waals surface area contributed by atoms with Gasteiger partial charge in [-0.25, -0.2) is 4.98 Å². The summed E-state index contributed by atoms with van der Waals surface area (Å²) < 4.78 is 2.60. The van der Waals surface area contributed by atoms with Crippen molar-refractivity contribution in [3.63, 3.8) is 0 Å². The molecule has 3 aromatic carbocycles. The summed E-state index contributed by atoms with van der Waals surface area (Å²) in [5.41, 5.74) is 4.85. The second-order valence-electron chi connectivity index (χ2n) is 7.77. The number of pyridine rings is 1. The second-order valence-corrected chi connectivity index (χ2v) is 8.82. The Morgan fingerprint density at radius 3 is 2.37 bits per heavy atom. The van der Waals surface area contributed by atoms with Crippen LogP contribution in [0.2, 0.25) is 0 Å². The Hall–Kier alpha value is -3.37. The van der Waals surface area contributed by atoms with Crippen LogP contribution in [0.1, 0.15) is 12.5 Å². The highest BCUT2D eigenvalue weighted by Crippen LogP contribution is 2.52. The van der Waals surface area contributed by atoms with Gasteiger partial charge in [0.1, 0.15) is 11.9 Å². The number of anilines is 4. The molecule has 0 amide bonds. The van der Waals surface area contributed by atoms with E-state index in [0.717, 1.165) is 5.82 Å². The molecule has 30 heavy (non-hydrogen) atoms. The van der Waals surface area contributed by atoms with E-state index < -0.39 is 0 Å². The highest BCUT2D eigenvalue weighted by Gasteiger charge is 2.38. The zero-order valence-electron chi connectivity index (χ0n) is 16.9. The molecule has 0 bridgehead atoms. The average Bonchev–Trinajstić information content (AvgIpc) is 3.29. The first-order valence-electron chi connectivity index (χ1n) is 10.2. The molecule has 4 heteroatoms. The van der Waals surface area contributed by atoms with Crippen molar-refractivity contribution >= 4 is 54.4 Å². The van der Waals surface area contributed by atoms with Crippen molar-refractivity contribution in [2.45, 2.75) is 20.0 Å². The maximum Gasteiger partial charge on any atom is 0.160 e. The third-order valence-electron chi connectivity index (χ3n) is 6.00. The van der Waals surface area contributed by atoms with Gasteiger partial charge in [-0.3, -0.25) is 0 Å². The first kappa shape index (κ1) is 17.5. The summed E-state index contributed by atoms with van der Waals surface area (Å²) in [6.45, 7) is 4.44. The van der Waals surface area contributed by atoms with E-state index in [4.69, 9.17) is 4.98 Å². The largest absolute Gasteiger partial charge is 0.316 e. The first-order valence-corrected chi connectivity index (χ1v) is 11.0. The van der Waals surface area contributed by atoms with Gasteiger partial charge >= 0.3 is 0 Å². The van der Waals surface area contributed by atoms with Crippen molar-refractivity contribution < 1.29 is 0 Å². The van der Waals surface area contributed by atoms with Gasteiger partial charge in [-0.05, 0) is 43.7 Å². The Labute approximate surface area is 179 Å². The minimum atomic E-state index is 0.117. The van der Waals surface area contributed by atoms with Crippen LogP contribution in [0.5, 0.6) is 0 Å². The van der Waals surface area contributed by atoms with Crippen LogP contribution in [0.3, 0.4) is 0 Å². The van der Waals surface area contributed by atoms with Crippen molar-refractivity contribution in [2.75, 3.05) is 9.80 Å². The number of fused-ring (bicyclic) bond motifs is 5. The topological polar surface area (TPSA) is 19.4 Å². The molecule has 0 spiro atoms. The fourth-order valence-corrected chi connectivity index (χ4v) is 5.83. The SMILES string of the molecule is Cc1ccccc1N1c2ncc3c(sc4ccccc43)c2N(c2ccccc2)C1C. The van der Waals surface area contributed by atoms with Gasteiger partial charge in [-0.2, -0.15) is 0 Å². The Kier molecular flexibility index (Phi) is 3.83. The molecule has 5 aromatic rings. The van der Waals surface area contributed by atoms with Crippen molar-refractivity contribution in [1.29, 1.82) is 0 Å². The van der Waals surface area contributed by atoms with E-state index in [0.29, 0.717) is 0 Å². The molecule has 1 aliphatic heterocycles. The van der Waals surface area contributed by atoms with E-state index in [9.17, 15) is 0 Å². The number of para-hydroxylation sites is 2. The summed E-state index contributed by atoms with van der Waals surface area (Å²) >= 11 is 1.86. The molecule has 6 rings (SSSR count). The van der Waals surface area contributed by atoms with Gasteiger partial charge in [0.15, 0.2) is 5.82 Å². The van der Waals surface area contributed by atoms with Crippen LogP contribution in [0, 0.1) is 6.92 Å². The summed E-state index contributed by atoms with van der Waals surface area (Å²) in [7, 11) is 0. The lowest BCUT2D eigenvalue weighted by atomic mass is 10.1. The van der Waals surface area contributed by atoms with E-state index in [2.05, 4.69) is 109 Å². The minimum absolute atomic E-state index is 0.117. The van der Waals surface area contributed by atoms with Gasteiger partial charge in [0.2, 0.25) is 0 Å². The van der Waals surface area contributed by atoms with Crippen LogP contribution < -0.4 is 9.80 Å². The number of thiophene rings is 1. The van der Waals surface area contributed by atoms with Gasteiger partial charge < -0.3 is 9.80 Å². The van der Waals surface area contributed by atoms with Crippen molar-refractivity contribution in [3.05, 3.63) is 90.6 Å². The molecule has 1 unspecified atom stereocenters. The maximum absolute atomic E-state index is 5.03. The van der Waals surface area contributed by atoms with E-state index in [-0.39, 0.29) is 6.17 Å². The molecule has 0 aliphatic carbocycles. The molecule has 0 saturated heterocycles. The molecule has 1 aliphatic rings. The standard InChI is InChI=1S/C26H21N3S/c1-17-10-6-8-14-22(17)29-18(2)28(19-11-4-3-5-12-19)24-25-21(16-27-26(24)29)20-13-7-9-15-23(20)30-25/h3-16,18H,1-2H3. The highest BCUT2D eigenvalue weighted by molar-refractivity contribution is 7.26. The van der Waals surface area contributed by atoms with Gasteiger partial charge in [0.05, 0.1) is 4.70 Å². The van der Waals surface area contributed by atoms with Crippen LogP contribution in [0.25, 0.3) is 20.2 Å². The van der Waals surface area contributed by atoms with E-state index in [1.165, 1.54) is 42.8 Å². The van der Waals surface area contributed by atoms with Crippen molar-refractivity contribution in [1.82, 2.24) is 4.98 Å². The molecule has 0 radical (unpaired) electrons. The fourth-order valence-electron chi connectivity index (χ4n) is 4.61. The quantitative estimate of drug-likeness (QED) is 0.304. The van der Waals surface area contributed by atoms with Crippen LogP contribution >= 0.6 is 11.3 Å². The van der Waals surface area contributed by atoms with Crippen LogP contribution in [-0.4, -0.2) is 11.1 Å². The number of rotatable bonds is 2. The molecule has 3 heterocycles. The lowest BCUT2D eigenvalue weighted by molar-refractivity contribution is 0.756. The predicted molar refractivity (Wildman–Crippen MR) is 128 cm³/mol. The second kappa shape index (κ2) is 6.57. The predicted octanol–water partition coefficient (Wildman–Crippen LogP) is 7.39. The number of aryl methyl sites for hydroxylation is 1. The third-order valence-corrected chi connectivity index (χ3v) is 7.20. The summed E-state index contributed by atoms with van der Waals surface area (Å²) in [4.78, 5) is 9.84. The van der Waals surface area contributed by atoms with Crippen molar-refractivity contribution in [2.24, 2.45) is 0 Å². The summed E-state index contributed by atoms with van der Waals surface area (Å²) in [5.74, 6) is 1.03. The first-order chi connectivity index (χ1) is 14.7. The Morgan fingerprint density at radius 1 is 0.800 bits per heavy atom. The molecule has 0 N–H and O–H groups in total. The molecule has 2 aromatic heterocycles. The van der Waals surface area contributed by atoms with Crippen LogP contribution in [0.15, 0.2) is 85.1 Å². The molecule has 0 saturated carbocycles. The lowest BCUT2D eigenvalue weighted by Gasteiger charge is -2.30. The van der Waals surface area contributed by atoms with Crippen LogP contribution in [-0.2, 0) is 0 Å². The zero-order valence-corrected chi connectivity index (χ0v) is 17.7. The van der Waals surface area contributed by atoms with E-state index in [1.54, 1.807) is 0 Å². The fraction of sp³-hybridized carbons (Fsp3) is 0.115. The summed E-state index contributed by atoms with van der Waals surface area (Å²) in [5, 5.41) is 2.51. The number of benzene rings is 3. The molecule has 1 atom stereocenters. The van der Waals surface area contributed by atoms with Gasteiger partial charge in [-0.1, -0.05) is 54.6 Å². The molecule has 0 fully saturated rings. The molecule has 146 valence electrons. The normalized spacial score (nSPS) is 15.9. The van der Waals surface area contributed by atoms with Crippen LogP contribution in [0.4, 0.5) is 22.9 Å². The molecular formula is C26H21N3S. The van der Waals surface area contributed by atoms with Gasteiger partial charge in [0.25, 0.3) is 0 Å². The lowest BCUT2D eigenvalue weighted by Crippen LogP contribution is -2.35. The van der Waals surface area contributed by atoms with Crippen molar-refractivity contribution in [3.8, 4) is 0 Å². The summed E-state index contributed by atoms with van der Waals surface area (Å²) in [6, 6.07) is 27.9. The average molecular weight is 408 g/mol. The number of hydrogen-bond acceptors (Lipinski definition) is 4. The Morgan fingerprint density at radius 2 is 1.53 bits per heavy atom. The third kappa shape index (κ3) is 2.40. The number of hydrogen-bond donors (Lipinski definition) is 0. The smallest absolute Gasteiger partial charge is 0.160 e. The monoisotopic (exact) mass is 407 g/mol. The van der Waals surface area contributed by atoms with E-state index in [1.807, 2.05) is 11.3 Å². The highest BCUT2D eigenvalue weighted by atomic mass is 32.1. The number of nitrogens with zero attached hydrogens (tertiary/aromatic N) is 3. The zero-order chi connectivity index (χ0) is 20.2. The molecular weight excluding hydrogens is 386 g/mol. The summed E-state index contributed by atoms with van der Waals surface area (Å²) in [6.07, 6.45) is 2.17. The Balaban J connectivity index is 1.69. The van der Waals surface area contributed by atoms with Gasteiger partial charge in [-0.15, -0.1) is 11.3 Å². The molecule has 3 nitrogen and oxygen atoms in total. The minimum Gasteiger partial charge on any atom is -0.316 e. The maximum atomic E-state index is 5.03.